The van der Waals surface area contributed by atoms with Gasteiger partial charge in [-0.25, -0.2) is 22.0 Å². The summed E-state index contributed by atoms with van der Waals surface area (Å²) in [6.45, 7) is 138. The van der Waals surface area contributed by atoms with Crippen molar-refractivity contribution in [1.82, 2.24) is 0 Å². The van der Waals surface area contributed by atoms with Crippen molar-refractivity contribution >= 4 is 107 Å². The van der Waals surface area contributed by atoms with Crippen LogP contribution in [0.1, 0.15) is 341 Å². The Bertz CT molecular complexity index is 3180. The molecule has 0 spiro atoms. The summed E-state index contributed by atoms with van der Waals surface area (Å²) < 4.78 is 102. The lowest BCUT2D eigenvalue weighted by molar-refractivity contribution is -0.130. The van der Waals surface area contributed by atoms with E-state index in [0.29, 0.717) is 16.6 Å². The molecule has 0 amide bonds. The Labute approximate surface area is 838 Å². The van der Waals surface area contributed by atoms with Gasteiger partial charge in [-0.05, 0) is 63.8 Å². The van der Waals surface area contributed by atoms with Crippen molar-refractivity contribution < 1.29 is 35.1 Å². The summed E-state index contributed by atoms with van der Waals surface area (Å²) in [5.41, 5.74) is 14.7. The van der Waals surface area contributed by atoms with Crippen molar-refractivity contribution in [3.8, 4) is 0 Å². The lowest BCUT2D eigenvalue weighted by atomic mass is 10.0. The Morgan fingerprint density at radius 1 is 0.364 bits per heavy atom. The van der Waals surface area contributed by atoms with Gasteiger partial charge in [0.2, 0.25) is 5.82 Å². The lowest BCUT2D eigenvalue weighted by Gasteiger charge is -2.46. The molecule has 1 saturated heterocycles. The maximum absolute atomic E-state index is 13.6. The third-order valence-electron chi connectivity index (χ3n) is 38.5. The molecule has 3 unspecified atom stereocenters. The molecule has 0 nitrogen and oxygen atoms in total. The molecule has 2 aromatic rings. The zero-order chi connectivity index (χ0) is 107. The molecule has 6 rings (SSSR count). The van der Waals surface area contributed by atoms with Crippen LogP contribution in [0.25, 0.3) is 0 Å². The Balaban J connectivity index is -0.000000330. The molecule has 1 aliphatic heterocycles. The fraction of sp³-hybridized carbons (Fsp3) is 0.893. The molecule has 0 radical (unpaired) electrons. The highest BCUT2D eigenvalue weighted by molar-refractivity contribution is 6.92. The second-order valence-corrected chi connectivity index (χ2v) is 123. The number of rotatable bonds is 27. The van der Waals surface area contributed by atoms with E-state index in [1.165, 1.54) is 74.3 Å². The minimum Gasteiger partial charge on any atom is -0.204 e. The van der Waals surface area contributed by atoms with Gasteiger partial charge in [-0.1, -0.05) is 602 Å². The van der Waals surface area contributed by atoms with Crippen LogP contribution < -0.4 is 10.4 Å². The molecule has 4 aliphatic rings. The molecule has 3 saturated carbocycles. The van der Waals surface area contributed by atoms with Crippen LogP contribution in [-0.2, 0) is 0 Å². The zero-order valence-electron chi connectivity index (χ0n) is 100. The van der Waals surface area contributed by atoms with Gasteiger partial charge in [-0.2, -0.15) is 13.2 Å². The number of hydrogen-bond acceptors (Lipinski definition) is 0. The number of fused-ring (bicyclic) bond motifs is 2. The van der Waals surface area contributed by atoms with Crippen molar-refractivity contribution in [3.63, 3.8) is 0 Å². The van der Waals surface area contributed by atoms with Crippen molar-refractivity contribution in [3.05, 3.63) is 59.4 Å². The molecular weight excluding hydrogens is 1830 g/mol. The van der Waals surface area contributed by atoms with E-state index >= 15 is 0 Å². The predicted molar refractivity (Wildman–Crippen MR) is 632 cm³/mol. The summed E-state index contributed by atoms with van der Waals surface area (Å²) >= 11 is 0. The summed E-state index contributed by atoms with van der Waals surface area (Å²) in [6, 6.07) is 21.8. The molecular formula is C112H240F8Si12. The molecule has 0 aromatic heterocycles. The second-order valence-electron chi connectivity index (χ2n) is 54.6. The second kappa shape index (κ2) is 62.3. The van der Waals surface area contributed by atoms with Gasteiger partial charge in [0.15, 0.2) is 23.3 Å². The van der Waals surface area contributed by atoms with E-state index in [4.69, 9.17) is 0 Å². The van der Waals surface area contributed by atoms with Gasteiger partial charge < -0.3 is 0 Å². The minimum absolute atomic E-state index is 0.143. The smallest absolute Gasteiger partial charge is 0.204 e. The maximum atomic E-state index is 13.6. The van der Waals surface area contributed by atoms with Crippen LogP contribution in [-0.4, -0.2) is 103 Å². The first-order valence-corrected chi connectivity index (χ1v) is 91.5. The van der Waals surface area contributed by atoms with Gasteiger partial charge in [0.1, 0.15) is 0 Å². The highest BCUT2D eigenvalue weighted by Crippen LogP contribution is 2.58. The number of halogens is 8. The molecule has 2 bridgehead atoms. The molecule has 20 heteroatoms. The van der Waals surface area contributed by atoms with E-state index in [0.717, 1.165) is 95.3 Å². The fourth-order valence-corrected chi connectivity index (χ4v) is 50.2. The number of alkyl halides is 3. The van der Waals surface area contributed by atoms with Gasteiger partial charge in [0.05, 0.1) is 80.7 Å². The molecule has 3 atom stereocenters. The van der Waals surface area contributed by atoms with E-state index in [2.05, 4.69) is 377 Å². The van der Waals surface area contributed by atoms with Crippen LogP contribution in [0.3, 0.4) is 0 Å². The number of hydrogen-bond donors (Lipinski definition) is 0. The third-order valence-corrected chi connectivity index (χ3v) is 104. The van der Waals surface area contributed by atoms with Crippen molar-refractivity contribution in [1.29, 1.82) is 0 Å². The Morgan fingerprint density at radius 2 is 0.720 bits per heavy atom. The Kier molecular flexibility index (Phi) is 67.6. The first kappa shape index (κ1) is 143. The molecule has 2 aromatic carbocycles. The fourth-order valence-electron chi connectivity index (χ4n) is 19.2. The van der Waals surface area contributed by atoms with E-state index in [-0.39, 0.29) is 5.54 Å². The van der Waals surface area contributed by atoms with Crippen LogP contribution in [0.5, 0.6) is 0 Å². The summed E-state index contributed by atoms with van der Waals surface area (Å²) in [4.78, 5) is 0. The summed E-state index contributed by atoms with van der Waals surface area (Å²) in [5, 5.41) is 1.50. The monoisotopic (exact) mass is 2070 g/mol. The first-order valence-electron chi connectivity index (χ1n) is 54.6. The van der Waals surface area contributed by atoms with Gasteiger partial charge >= 0.3 is 6.18 Å². The first-order chi connectivity index (χ1) is 58.9. The van der Waals surface area contributed by atoms with Crippen LogP contribution in [0, 0.1) is 46.8 Å². The topological polar surface area (TPSA) is 0 Å². The average Bonchev–Trinajstić information content (AvgIpc) is 1.77. The minimum atomic E-state index is -3.97. The predicted octanol–water partition coefficient (Wildman–Crippen LogP) is 44.9. The Hall–Kier alpha value is 0.483. The van der Waals surface area contributed by atoms with Crippen LogP contribution >= 0.6 is 0 Å². The van der Waals surface area contributed by atoms with E-state index in [1.807, 2.05) is 26.9 Å². The van der Waals surface area contributed by atoms with E-state index < -0.39 is 144 Å². The van der Waals surface area contributed by atoms with Crippen LogP contribution in [0.4, 0.5) is 35.1 Å². The summed E-state index contributed by atoms with van der Waals surface area (Å²) in [6.07, 6.45) is 10.9. The normalized spacial score (nSPS) is 17.2. The highest BCUT2D eigenvalue weighted by Gasteiger charge is 2.49. The molecule has 792 valence electrons. The summed E-state index contributed by atoms with van der Waals surface area (Å²) in [5.74, 6) is -6.02. The summed E-state index contributed by atoms with van der Waals surface area (Å²) in [7, 11) is -13.1. The molecule has 0 N–H and O–H groups in total. The zero-order valence-corrected chi connectivity index (χ0v) is 112. The standard InChI is InChI=1S/C12H24Si.C12H28Si.C11H13F5Si.C11H24Si.C11H18Si.3C9H22Si.C8H17F3Si.C7H16Si.C7H18Si.C6H16Si/c1-9(2)13(3,4)12-8-10-5-6-11(12)7-10;1-9(2)13(10(3)4,11(5)6)12(7)8;1-5(2)17(3,4)11-9(15)7(13)6(12)8(14)10(11)16;2*1-10(2)12(3,4)11-8-6-5-7-9-11;1-8(2)10(6,7)9(3,4)5;1-8(2)7-10(5,6)9(3)4;1-6-10(7-2,8-3)9(4)5;1-7(2)12(3,4)6-5-8(9,10)11;1-7(2)8(3)5-4-6-8;1-6-8(4,5)7(2)3;1-6(2)7(3,4)5/h9-12H,5-8H2,1-4H3;9-12H,1-8H3;5H,1-4H3;10-11H,5-9H2,1-4H3;5-10H,1-4H3;8H,1-7H3;8-9H,7H2,1-6H3;9H,6-8H2,1-5H3;7H,5-6H2,1-4H3;7H,4-6H2,1-3H3;7H,6H2,1-5H3;6H,1-5H3. The molecule has 132 heavy (non-hydrogen) atoms. The van der Waals surface area contributed by atoms with Crippen LogP contribution in [0.2, 0.25) is 279 Å². The average molecular weight is 2080 g/mol. The molecule has 4 fully saturated rings. The van der Waals surface area contributed by atoms with Gasteiger partial charge in [0, 0.05) is 27.8 Å². The van der Waals surface area contributed by atoms with Gasteiger partial charge in [0.25, 0.3) is 0 Å². The molecule has 3 aliphatic carbocycles. The van der Waals surface area contributed by atoms with E-state index in [9.17, 15) is 35.1 Å². The van der Waals surface area contributed by atoms with E-state index in [1.54, 1.807) is 69.9 Å². The van der Waals surface area contributed by atoms with Gasteiger partial charge in [-0.15, -0.1) is 0 Å². The Morgan fingerprint density at radius 3 is 0.902 bits per heavy atom. The maximum Gasteiger partial charge on any atom is 0.388 e. The lowest BCUT2D eigenvalue weighted by Crippen LogP contribution is -2.49. The van der Waals surface area contributed by atoms with Crippen molar-refractivity contribution in [2.45, 2.75) is 625 Å². The highest BCUT2D eigenvalue weighted by atomic mass is 28.3. The quantitative estimate of drug-likeness (QED) is 0.0362. The van der Waals surface area contributed by atoms with Crippen molar-refractivity contribution in [2.24, 2.45) is 17.8 Å². The largest absolute Gasteiger partial charge is 0.388 e. The van der Waals surface area contributed by atoms with Crippen molar-refractivity contribution in [2.75, 3.05) is 0 Å². The molecule has 1 heterocycles. The third kappa shape index (κ3) is 48.5. The van der Waals surface area contributed by atoms with Crippen LogP contribution in [0.15, 0.2) is 30.3 Å². The number of benzene rings is 2. The SMILES string of the molecule is CC(C)C[Si](C)(C)C(C)C.CC(C)[Si](C(C)C)(C(C)C)C(C)C.CC(C)[Si](C)(C)C.CC(C)[Si](C)(C)C(C)(C)C.CC(C)[Si](C)(C)C1CC2CCC1C2.CC(C)[Si](C)(C)C1CCCCC1.CC(C)[Si](C)(C)CCC(F)(F)F.CC(C)[Si](C)(C)c1c(F)c(F)c(F)c(F)c1F.CC(C)[Si](C)(C)c1ccccc1.CC(C)[Si]1(C)CCC1.CC[Si](C)(C)C(C)C.CC[Si](CC)(CC)C(C)C. The van der Waals surface area contributed by atoms with Gasteiger partial charge in [-0.3, -0.25) is 0 Å².